The summed E-state index contributed by atoms with van der Waals surface area (Å²) in [5.41, 5.74) is 4.14. The summed E-state index contributed by atoms with van der Waals surface area (Å²) in [7, 11) is -0.939. The number of sulfone groups is 1. The summed E-state index contributed by atoms with van der Waals surface area (Å²) in [5, 5.41) is 10.3. The van der Waals surface area contributed by atoms with E-state index in [1.165, 1.54) is 16.0 Å². The third kappa shape index (κ3) is 2.44. The molecule has 3 fully saturated rings. The Morgan fingerprint density at radius 1 is 1.15 bits per heavy atom. The van der Waals surface area contributed by atoms with Gasteiger partial charge >= 0.3 is 0 Å². The summed E-state index contributed by atoms with van der Waals surface area (Å²) in [6.45, 7) is 1.25. The van der Waals surface area contributed by atoms with Gasteiger partial charge in [0.1, 0.15) is 11.3 Å². The number of rotatable bonds is 1. The lowest BCUT2D eigenvalue weighted by molar-refractivity contribution is -0.00145. The first-order valence-corrected chi connectivity index (χ1v) is 13.7. The van der Waals surface area contributed by atoms with E-state index in [1.54, 1.807) is 12.1 Å². The molecule has 3 aliphatic carbocycles. The zero-order chi connectivity index (χ0) is 23.6. The van der Waals surface area contributed by atoms with Crippen molar-refractivity contribution in [2.75, 3.05) is 38.2 Å². The van der Waals surface area contributed by atoms with Gasteiger partial charge in [-0.1, -0.05) is 6.07 Å². The van der Waals surface area contributed by atoms with Gasteiger partial charge in [0.25, 0.3) is 11.5 Å². The summed E-state index contributed by atoms with van der Waals surface area (Å²) >= 11 is 0. The number of likely N-dealkylation sites (tertiary alicyclic amines) is 1. The standard InChI is InChI=1S/C25H27N3O5S/c1-27-13-25-12-24(18-10-15(29)2-3-17(18)25)11-20-14(9-19(24)21(25)27)8-16(22(30)26-20)23(31)28-4-6-34(32,33)7-5-28/h2-3,8,10,19,21,29H,4-7,9,11-13H2,1H3,(H,26,30)/t19-,21-,24?,25?/m0/s1. The van der Waals surface area contributed by atoms with Gasteiger partial charge in [0.15, 0.2) is 9.84 Å². The lowest BCUT2D eigenvalue weighted by Crippen LogP contribution is -2.66. The minimum Gasteiger partial charge on any atom is -0.508 e. The van der Waals surface area contributed by atoms with E-state index in [9.17, 15) is 23.1 Å². The Bertz CT molecular complexity index is 1430. The quantitative estimate of drug-likeness (QED) is 0.616. The number of nitrogens with zero attached hydrogens (tertiary/aromatic N) is 2. The zero-order valence-electron chi connectivity index (χ0n) is 19.0. The van der Waals surface area contributed by atoms with E-state index in [1.807, 2.05) is 6.07 Å². The second-order valence-corrected chi connectivity index (χ2v) is 13.3. The molecule has 1 aromatic carbocycles. The number of H-pyrrole nitrogens is 1. The van der Waals surface area contributed by atoms with Gasteiger partial charge in [0.2, 0.25) is 0 Å². The molecule has 7 rings (SSSR count). The van der Waals surface area contributed by atoms with E-state index in [0.29, 0.717) is 18.4 Å². The number of carbonyl (C=O) groups is 1. The van der Waals surface area contributed by atoms with Crippen LogP contribution in [0.1, 0.15) is 39.2 Å². The van der Waals surface area contributed by atoms with Crippen LogP contribution in [-0.4, -0.2) is 78.4 Å². The van der Waals surface area contributed by atoms with Crippen LogP contribution in [0.4, 0.5) is 0 Å². The highest BCUT2D eigenvalue weighted by atomic mass is 32.2. The molecular formula is C25H27N3O5S. The third-order valence-electron chi connectivity index (χ3n) is 9.38. The number of amides is 1. The van der Waals surface area contributed by atoms with Crippen LogP contribution in [-0.2, 0) is 33.5 Å². The minimum atomic E-state index is -3.11. The number of pyridine rings is 1. The Kier molecular flexibility index (Phi) is 3.84. The maximum Gasteiger partial charge on any atom is 0.261 e. The summed E-state index contributed by atoms with van der Waals surface area (Å²) in [4.78, 5) is 33.1. The fraction of sp³-hybridized carbons (Fsp3) is 0.520. The van der Waals surface area contributed by atoms with Crippen LogP contribution in [0.3, 0.4) is 0 Å². The third-order valence-corrected chi connectivity index (χ3v) is 11.0. The van der Waals surface area contributed by atoms with E-state index < -0.39 is 15.4 Å². The molecule has 2 spiro atoms. The lowest BCUT2D eigenvalue weighted by atomic mass is 9.58. The Balaban J connectivity index is 1.29. The topological polar surface area (TPSA) is 111 Å². The molecule has 1 amide bonds. The molecule has 4 atom stereocenters. The highest BCUT2D eigenvalue weighted by Crippen LogP contribution is 2.71. The summed E-state index contributed by atoms with van der Waals surface area (Å²) < 4.78 is 23.5. The highest BCUT2D eigenvalue weighted by Gasteiger charge is 2.74. The predicted molar refractivity (Wildman–Crippen MR) is 125 cm³/mol. The number of carbonyl (C=O) groups excluding carboxylic acids is 1. The Morgan fingerprint density at radius 2 is 1.91 bits per heavy atom. The van der Waals surface area contributed by atoms with Crippen LogP contribution in [0.2, 0.25) is 0 Å². The van der Waals surface area contributed by atoms with Crippen LogP contribution in [0.5, 0.6) is 5.75 Å². The van der Waals surface area contributed by atoms with E-state index in [2.05, 4.69) is 23.0 Å². The number of benzene rings is 1. The van der Waals surface area contributed by atoms with Gasteiger partial charge in [-0.2, -0.15) is 0 Å². The van der Waals surface area contributed by atoms with Crippen molar-refractivity contribution >= 4 is 15.7 Å². The molecule has 2 saturated heterocycles. The first-order chi connectivity index (χ1) is 16.1. The predicted octanol–water partition coefficient (Wildman–Crippen LogP) is 0.573. The lowest BCUT2D eigenvalue weighted by Gasteiger charge is -2.58. The van der Waals surface area contributed by atoms with Gasteiger partial charge in [-0.25, -0.2) is 8.42 Å². The van der Waals surface area contributed by atoms with Crippen LogP contribution in [0.25, 0.3) is 0 Å². The molecular weight excluding hydrogens is 454 g/mol. The summed E-state index contributed by atoms with van der Waals surface area (Å²) in [6, 6.07) is 7.98. The Morgan fingerprint density at radius 3 is 2.65 bits per heavy atom. The maximum atomic E-state index is 13.1. The molecule has 2 unspecified atom stereocenters. The minimum absolute atomic E-state index is 0.0610. The van der Waals surface area contributed by atoms with Gasteiger partial charge in [0.05, 0.1) is 11.5 Å². The fourth-order valence-corrected chi connectivity index (χ4v) is 9.35. The molecule has 1 aromatic heterocycles. The Hall–Kier alpha value is -2.65. The number of phenols is 1. The number of nitrogens with one attached hydrogen (secondary N) is 1. The number of fused-ring (bicyclic) bond motifs is 3. The number of hydrogen-bond acceptors (Lipinski definition) is 6. The van der Waals surface area contributed by atoms with Gasteiger partial charge in [-0.15, -0.1) is 0 Å². The smallest absolute Gasteiger partial charge is 0.261 e. The van der Waals surface area contributed by atoms with E-state index >= 15 is 0 Å². The molecule has 2 aliphatic heterocycles. The van der Waals surface area contributed by atoms with Gasteiger partial charge < -0.3 is 19.9 Å². The van der Waals surface area contributed by atoms with Crippen LogP contribution in [0, 0.1) is 5.92 Å². The molecule has 5 aliphatic rings. The normalized spacial score (nSPS) is 34.6. The summed E-state index contributed by atoms with van der Waals surface area (Å²) in [5.74, 6) is 0.119. The first kappa shape index (κ1) is 20.7. The number of aromatic hydroxyl groups is 1. The van der Waals surface area contributed by atoms with Crippen molar-refractivity contribution in [3.05, 3.63) is 62.6 Å². The average Bonchev–Trinajstić information content (AvgIpc) is 3.17. The van der Waals surface area contributed by atoms with Crippen LogP contribution >= 0.6 is 0 Å². The van der Waals surface area contributed by atoms with Crippen molar-refractivity contribution in [1.29, 1.82) is 0 Å². The molecule has 2 aromatic rings. The van der Waals surface area contributed by atoms with Crippen LogP contribution < -0.4 is 5.56 Å². The van der Waals surface area contributed by atoms with Crippen molar-refractivity contribution in [2.24, 2.45) is 5.92 Å². The Labute approximate surface area is 197 Å². The van der Waals surface area contributed by atoms with Crippen molar-refractivity contribution in [1.82, 2.24) is 14.8 Å². The van der Waals surface area contributed by atoms with Crippen molar-refractivity contribution in [3.63, 3.8) is 0 Å². The van der Waals surface area contributed by atoms with Crippen molar-refractivity contribution in [2.45, 2.75) is 36.1 Å². The number of aromatic amines is 1. The largest absolute Gasteiger partial charge is 0.508 e. The second kappa shape index (κ2) is 6.31. The van der Waals surface area contributed by atoms with Gasteiger partial charge in [0, 0.05) is 42.2 Å². The molecule has 3 heterocycles. The van der Waals surface area contributed by atoms with E-state index in [-0.39, 0.29) is 52.6 Å². The average molecular weight is 482 g/mol. The molecule has 2 bridgehead atoms. The zero-order valence-corrected chi connectivity index (χ0v) is 19.8. The van der Waals surface area contributed by atoms with Crippen molar-refractivity contribution in [3.8, 4) is 5.75 Å². The van der Waals surface area contributed by atoms with E-state index in [4.69, 9.17) is 0 Å². The monoisotopic (exact) mass is 481 g/mol. The summed E-state index contributed by atoms with van der Waals surface area (Å²) in [6.07, 6.45) is 2.50. The fourth-order valence-electron chi connectivity index (χ4n) is 8.15. The molecule has 2 N–H and O–H groups in total. The van der Waals surface area contributed by atoms with Crippen molar-refractivity contribution < 1.29 is 18.3 Å². The molecule has 0 radical (unpaired) electrons. The van der Waals surface area contributed by atoms with Gasteiger partial charge in [-0.3, -0.25) is 9.59 Å². The molecule has 34 heavy (non-hydrogen) atoms. The van der Waals surface area contributed by atoms with E-state index in [0.717, 1.165) is 30.6 Å². The molecule has 9 heteroatoms. The number of phenolic OH excluding ortho intramolecular Hbond substituents is 1. The number of aromatic nitrogens is 1. The number of likely N-dealkylation sites (N-methyl/N-ethyl adjacent to an activating group) is 1. The molecule has 1 saturated carbocycles. The maximum absolute atomic E-state index is 13.1. The highest BCUT2D eigenvalue weighted by molar-refractivity contribution is 7.91. The second-order valence-electron chi connectivity index (χ2n) is 11.0. The molecule has 178 valence electrons. The van der Waals surface area contributed by atoms with Crippen LogP contribution in [0.15, 0.2) is 29.1 Å². The SMILES string of the molecule is CN1CC23CC4(Cc5[nH]c(=O)c(C(=O)N6CCS(=O)(=O)CC6)cc5C[C@H]4[C@H]12)c1cc(O)ccc13. The molecule has 8 nitrogen and oxygen atoms in total. The first-order valence-electron chi connectivity index (χ1n) is 11.9. The van der Waals surface area contributed by atoms with Gasteiger partial charge in [-0.05, 0) is 67.1 Å². The number of hydrogen-bond donors (Lipinski definition) is 2.